The molecule has 156 valence electrons. The molecular weight excluding hydrogens is 376 g/mol. The van der Waals surface area contributed by atoms with E-state index in [-0.39, 0.29) is 0 Å². The molecule has 4 rings (SSSR count). The number of benzene rings is 2. The predicted octanol–water partition coefficient (Wildman–Crippen LogP) is 4.38. The zero-order valence-electron chi connectivity index (χ0n) is 17.3. The highest BCUT2D eigenvalue weighted by Crippen LogP contribution is 2.29. The van der Waals surface area contributed by atoms with Gasteiger partial charge in [-0.1, -0.05) is 36.4 Å². The van der Waals surface area contributed by atoms with Gasteiger partial charge in [-0.05, 0) is 38.1 Å². The minimum absolute atomic E-state index is 0.374. The fourth-order valence-electron chi connectivity index (χ4n) is 3.60. The molecule has 0 bridgehead atoms. The highest BCUT2D eigenvalue weighted by atomic mass is 16.5. The number of ether oxygens (including phenoxy) is 2. The zero-order valence-corrected chi connectivity index (χ0v) is 17.3. The second-order valence-corrected chi connectivity index (χ2v) is 7.38. The second kappa shape index (κ2) is 10.2. The Morgan fingerprint density at radius 2 is 1.80 bits per heavy atom. The molecule has 6 heteroatoms. The third-order valence-electron chi connectivity index (χ3n) is 5.18. The Labute approximate surface area is 177 Å². The first-order chi connectivity index (χ1) is 14.8. The molecule has 1 fully saturated rings. The van der Waals surface area contributed by atoms with Crippen LogP contribution in [0.5, 0.6) is 5.75 Å². The molecule has 30 heavy (non-hydrogen) atoms. The topological polar surface area (TPSA) is 68.3 Å². The van der Waals surface area contributed by atoms with E-state index in [0.717, 1.165) is 60.3 Å². The summed E-state index contributed by atoms with van der Waals surface area (Å²) in [6, 6.07) is 20.2. The average molecular weight is 405 g/mol. The van der Waals surface area contributed by atoms with Crippen LogP contribution in [-0.2, 0) is 4.74 Å². The van der Waals surface area contributed by atoms with Crippen molar-refractivity contribution in [3.05, 3.63) is 66.5 Å². The van der Waals surface area contributed by atoms with Crippen molar-refractivity contribution in [3.8, 4) is 17.0 Å². The van der Waals surface area contributed by atoms with E-state index in [1.54, 1.807) is 7.11 Å². The van der Waals surface area contributed by atoms with Crippen LogP contribution in [0.15, 0.2) is 60.7 Å². The lowest BCUT2D eigenvalue weighted by Crippen LogP contribution is -2.27. The third kappa shape index (κ3) is 5.34. The van der Waals surface area contributed by atoms with Crippen LogP contribution in [0.3, 0.4) is 0 Å². The van der Waals surface area contributed by atoms with Crippen molar-refractivity contribution < 1.29 is 9.47 Å². The van der Waals surface area contributed by atoms with E-state index in [0.29, 0.717) is 19.1 Å². The fraction of sp³-hybridized carbons (Fsp3) is 0.333. The lowest BCUT2D eigenvalue weighted by Gasteiger charge is -2.22. The largest absolute Gasteiger partial charge is 0.491 e. The number of aromatic nitrogens is 2. The van der Waals surface area contributed by atoms with Crippen molar-refractivity contribution >= 4 is 11.5 Å². The minimum Gasteiger partial charge on any atom is -0.491 e. The lowest BCUT2D eigenvalue weighted by atomic mass is 9.97. The van der Waals surface area contributed by atoms with Gasteiger partial charge in [-0.2, -0.15) is 0 Å². The summed E-state index contributed by atoms with van der Waals surface area (Å²) >= 11 is 0. The van der Waals surface area contributed by atoms with Crippen molar-refractivity contribution in [2.24, 2.45) is 0 Å². The number of methoxy groups -OCH3 is 1. The van der Waals surface area contributed by atoms with E-state index < -0.39 is 0 Å². The monoisotopic (exact) mass is 404 g/mol. The van der Waals surface area contributed by atoms with Gasteiger partial charge in [0.05, 0.1) is 12.3 Å². The fourth-order valence-corrected chi connectivity index (χ4v) is 3.60. The van der Waals surface area contributed by atoms with Crippen molar-refractivity contribution in [2.45, 2.75) is 18.8 Å². The van der Waals surface area contributed by atoms with E-state index >= 15 is 0 Å². The Bertz CT molecular complexity index is 943. The van der Waals surface area contributed by atoms with Crippen LogP contribution in [0, 0.1) is 0 Å². The standard InChI is InChI=1S/C24H28N4O2/c1-29-14-15-30-21-9-5-8-20(16-21)26-23-17-22(18-6-3-2-4-7-18)27-24(28-23)19-10-12-25-13-11-19/h2-9,16-17,19,25H,10-15H2,1H3,(H,26,27,28). The lowest BCUT2D eigenvalue weighted by molar-refractivity contribution is 0.146. The number of nitrogens with one attached hydrogen (secondary N) is 2. The maximum Gasteiger partial charge on any atom is 0.134 e. The van der Waals surface area contributed by atoms with Gasteiger partial charge in [-0.3, -0.25) is 0 Å². The molecule has 0 saturated carbocycles. The molecule has 0 atom stereocenters. The summed E-state index contributed by atoms with van der Waals surface area (Å²) in [6.45, 7) is 3.09. The molecule has 1 aliphatic heterocycles. The number of nitrogens with zero attached hydrogens (tertiary/aromatic N) is 2. The van der Waals surface area contributed by atoms with E-state index in [9.17, 15) is 0 Å². The van der Waals surface area contributed by atoms with Crippen LogP contribution >= 0.6 is 0 Å². The molecule has 1 aromatic heterocycles. The Morgan fingerprint density at radius 1 is 0.967 bits per heavy atom. The average Bonchev–Trinajstić information content (AvgIpc) is 2.80. The summed E-state index contributed by atoms with van der Waals surface area (Å²) in [4.78, 5) is 9.79. The van der Waals surface area contributed by atoms with E-state index in [1.807, 2.05) is 48.5 Å². The van der Waals surface area contributed by atoms with Gasteiger partial charge in [-0.25, -0.2) is 9.97 Å². The molecule has 1 saturated heterocycles. The van der Waals surface area contributed by atoms with Gasteiger partial charge >= 0.3 is 0 Å². The predicted molar refractivity (Wildman–Crippen MR) is 119 cm³/mol. The van der Waals surface area contributed by atoms with Crippen molar-refractivity contribution in [1.82, 2.24) is 15.3 Å². The van der Waals surface area contributed by atoms with Gasteiger partial charge < -0.3 is 20.1 Å². The third-order valence-corrected chi connectivity index (χ3v) is 5.18. The summed E-state index contributed by atoms with van der Waals surface area (Å²) in [5.41, 5.74) is 2.96. The first-order valence-electron chi connectivity index (χ1n) is 10.5. The SMILES string of the molecule is COCCOc1cccc(Nc2cc(-c3ccccc3)nc(C3CCNCC3)n2)c1. The molecule has 0 radical (unpaired) electrons. The van der Waals surface area contributed by atoms with Crippen LogP contribution in [0.25, 0.3) is 11.3 Å². The normalized spacial score (nSPS) is 14.4. The summed E-state index contributed by atoms with van der Waals surface area (Å²) in [6.07, 6.45) is 2.11. The first kappa shape index (κ1) is 20.3. The van der Waals surface area contributed by atoms with E-state index in [4.69, 9.17) is 19.4 Å². The molecule has 2 aromatic carbocycles. The Morgan fingerprint density at radius 3 is 2.60 bits per heavy atom. The summed E-state index contributed by atoms with van der Waals surface area (Å²) in [7, 11) is 1.67. The minimum atomic E-state index is 0.374. The Hall–Kier alpha value is -2.96. The van der Waals surface area contributed by atoms with Crippen molar-refractivity contribution in [3.63, 3.8) is 0 Å². The molecule has 2 N–H and O–H groups in total. The quantitative estimate of drug-likeness (QED) is 0.543. The van der Waals surface area contributed by atoms with E-state index in [2.05, 4.69) is 22.8 Å². The molecule has 1 aliphatic rings. The van der Waals surface area contributed by atoms with Crippen LogP contribution in [0.2, 0.25) is 0 Å². The molecule has 0 spiro atoms. The smallest absolute Gasteiger partial charge is 0.134 e. The van der Waals surface area contributed by atoms with Crippen molar-refractivity contribution in [1.29, 1.82) is 0 Å². The maximum atomic E-state index is 5.73. The van der Waals surface area contributed by atoms with Gasteiger partial charge in [0.25, 0.3) is 0 Å². The Balaban J connectivity index is 1.61. The molecule has 6 nitrogen and oxygen atoms in total. The van der Waals surface area contributed by atoms with Crippen LogP contribution < -0.4 is 15.4 Å². The number of piperidine rings is 1. The number of anilines is 2. The van der Waals surface area contributed by atoms with Gasteiger partial charge in [0, 0.05) is 36.4 Å². The second-order valence-electron chi connectivity index (χ2n) is 7.38. The molecule has 0 unspecified atom stereocenters. The van der Waals surface area contributed by atoms with Gasteiger partial charge in [0.15, 0.2) is 0 Å². The van der Waals surface area contributed by atoms with Crippen LogP contribution in [0.1, 0.15) is 24.6 Å². The summed E-state index contributed by atoms with van der Waals surface area (Å²) in [5, 5.41) is 6.86. The summed E-state index contributed by atoms with van der Waals surface area (Å²) in [5.74, 6) is 2.88. The van der Waals surface area contributed by atoms with Gasteiger partial charge in [-0.15, -0.1) is 0 Å². The maximum absolute atomic E-state index is 5.73. The van der Waals surface area contributed by atoms with E-state index in [1.165, 1.54) is 0 Å². The summed E-state index contributed by atoms with van der Waals surface area (Å²) < 4.78 is 10.8. The Kier molecular flexibility index (Phi) is 6.90. The number of hydrogen-bond acceptors (Lipinski definition) is 6. The zero-order chi connectivity index (χ0) is 20.6. The highest BCUT2D eigenvalue weighted by Gasteiger charge is 2.19. The van der Waals surface area contributed by atoms with Gasteiger partial charge in [0.1, 0.15) is 24.0 Å². The molecule has 2 heterocycles. The molecule has 0 aliphatic carbocycles. The molecule has 0 amide bonds. The first-order valence-corrected chi connectivity index (χ1v) is 10.5. The molecule has 3 aromatic rings. The van der Waals surface area contributed by atoms with Crippen molar-refractivity contribution in [2.75, 3.05) is 38.7 Å². The number of rotatable bonds is 8. The van der Waals surface area contributed by atoms with Gasteiger partial charge in [0.2, 0.25) is 0 Å². The highest BCUT2D eigenvalue weighted by molar-refractivity contribution is 5.66. The number of hydrogen-bond donors (Lipinski definition) is 2. The van der Waals surface area contributed by atoms with Crippen LogP contribution in [-0.4, -0.2) is 43.4 Å². The van der Waals surface area contributed by atoms with Crippen LogP contribution in [0.4, 0.5) is 11.5 Å². The molecular formula is C24H28N4O2.